The Bertz CT molecular complexity index is 1600. The highest BCUT2D eigenvalue weighted by atomic mass is 15.5. The smallest absolute Gasteiger partial charge is 0.230 e. The minimum absolute atomic E-state index is 0.156. The van der Waals surface area contributed by atoms with E-state index in [4.69, 9.17) is 15.1 Å². The van der Waals surface area contributed by atoms with Crippen LogP contribution in [0.1, 0.15) is 61.8 Å². The number of benzene rings is 4. The largest absolute Gasteiger partial charge is 0.308 e. The van der Waals surface area contributed by atoms with Crippen LogP contribution in [-0.4, -0.2) is 21.5 Å². The molecule has 6 rings (SSSR count). The van der Waals surface area contributed by atoms with Gasteiger partial charge in [0.15, 0.2) is 0 Å². The van der Waals surface area contributed by atoms with Gasteiger partial charge in [-0.1, -0.05) is 111 Å². The Labute approximate surface area is 236 Å². The first kappa shape index (κ1) is 25.8. The van der Waals surface area contributed by atoms with Crippen LogP contribution in [0.5, 0.6) is 0 Å². The lowest BCUT2D eigenvalue weighted by Crippen LogP contribution is -2.18. The number of unbranched alkanes of at least 4 members (excludes halogenated alkanes) is 3. The van der Waals surface area contributed by atoms with Crippen molar-refractivity contribution in [3.63, 3.8) is 0 Å². The highest BCUT2D eigenvalue weighted by molar-refractivity contribution is 6.03. The van der Waals surface area contributed by atoms with Crippen LogP contribution in [0.2, 0.25) is 0 Å². The molecule has 1 unspecified atom stereocenters. The highest BCUT2D eigenvalue weighted by Gasteiger charge is 2.29. The van der Waals surface area contributed by atoms with Gasteiger partial charge < -0.3 is 4.57 Å². The lowest BCUT2D eigenvalue weighted by Gasteiger charge is -2.24. The van der Waals surface area contributed by atoms with Crippen LogP contribution < -0.4 is 5.01 Å². The van der Waals surface area contributed by atoms with Gasteiger partial charge in [-0.2, -0.15) is 5.10 Å². The molecule has 0 saturated heterocycles. The van der Waals surface area contributed by atoms with E-state index in [-0.39, 0.29) is 6.04 Å². The molecule has 5 heteroatoms. The number of aryl methyl sites for hydroxylation is 1. The molecule has 5 aromatic rings. The van der Waals surface area contributed by atoms with Gasteiger partial charge >= 0.3 is 0 Å². The zero-order chi connectivity index (χ0) is 27.1. The summed E-state index contributed by atoms with van der Waals surface area (Å²) < 4.78 is 2.25. The van der Waals surface area contributed by atoms with Crippen molar-refractivity contribution < 1.29 is 0 Å². The quantitative estimate of drug-likeness (QED) is 0.135. The molecule has 1 aromatic heterocycles. The predicted molar refractivity (Wildman–Crippen MR) is 167 cm³/mol. The minimum Gasteiger partial charge on any atom is -0.308 e. The second-order valence-corrected chi connectivity index (χ2v) is 10.4. The molecule has 0 aliphatic carbocycles. The van der Waals surface area contributed by atoms with Crippen molar-refractivity contribution in [1.29, 1.82) is 0 Å². The molecule has 2 heterocycles. The number of hydrogen-bond acceptors (Lipinski definition) is 4. The molecule has 0 fully saturated rings. The van der Waals surface area contributed by atoms with Gasteiger partial charge in [0.2, 0.25) is 5.95 Å². The van der Waals surface area contributed by atoms with Gasteiger partial charge in [0.25, 0.3) is 0 Å². The molecule has 40 heavy (non-hydrogen) atoms. The molecule has 0 amide bonds. The van der Waals surface area contributed by atoms with E-state index in [2.05, 4.69) is 114 Å². The van der Waals surface area contributed by atoms with Gasteiger partial charge in [-0.25, -0.2) is 9.98 Å². The number of hydrazone groups is 1. The molecule has 1 atom stereocenters. The number of aliphatic imine (C=N–C) groups is 1. The third-order valence-electron chi connectivity index (χ3n) is 7.56. The fraction of sp³-hybridized carbons (Fsp3) is 0.229. The van der Waals surface area contributed by atoms with Gasteiger partial charge in [0.1, 0.15) is 0 Å². The lowest BCUT2D eigenvalue weighted by molar-refractivity contribution is 0.593. The number of hydrogen-bond donors (Lipinski definition) is 0. The summed E-state index contributed by atoms with van der Waals surface area (Å²) in [6.45, 7) is 3.18. The van der Waals surface area contributed by atoms with Crippen LogP contribution in [-0.2, 0) is 6.54 Å². The molecular formula is C35H35N5. The summed E-state index contributed by atoms with van der Waals surface area (Å²) in [6.07, 6.45) is 7.64. The van der Waals surface area contributed by atoms with Crippen LogP contribution in [0.3, 0.4) is 0 Å². The van der Waals surface area contributed by atoms with Gasteiger partial charge in [-0.15, -0.1) is 0 Å². The van der Waals surface area contributed by atoms with E-state index in [1.165, 1.54) is 30.4 Å². The van der Waals surface area contributed by atoms with Gasteiger partial charge in [-0.05, 0) is 47.4 Å². The van der Waals surface area contributed by atoms with E-state index in [1.54, 1.807) is 0 Å². The summed E-state index contributed by atoms with van der Waals surface area (Å²) in [7, 11) is 0. The maximum Gasteiger partial charge on any atom is 0.230 e. The third kappa shape index (κ3) is 5.59. The van der Waals surface area contributed by atoms with E-state index in [1.807, 2.05) is 18.3 Å². The molecule has 0 N–H and O–H groups in total. The Morgan fingerprint density at radius 1 is 0.800 bits per heavy atom. The molecule has 1 aliphatic rings. The predicted octanol–water partition coefficient (Wildman–Crippen LogP) is 8.72. The van der Waals surface area contributed by atoms with Crippen molar-refractivity contribution >= 4 is 34.6 Å². The Kier molecular flexibility index (Phi) is 7.80. The van der Waals surface area contributed by atoms with Crippen molar-refractivity contribution in [3.8, 4) is 0 Å². The summed E-state index contributed by atoms with van der Waals surface area (Å²) in [4.78, 5) is 9.67. The highest BCUT2D eigenvalue weighted by Crippen LogP contribution is 2.36. The number of aromatic nitrogens is 2. The number of imidazole rings is 1. The van der Waals surface area contributed by atoms with Crippen molar-refractivity contribution in [3.05, 3.63) is 126 Å². The molecule has 0 saturated carbocycles. The number of anilines is 1. The van der Waals surface area contributed by atoms with Gasteiger partial charge in [0, 0.05) is 19.2 Å². The normalized spacial score (nSPS) is 15.3. The van der Waals surface area contributed by atoms with Crippen LogP contribution in [0.25, 0.3) is 11.0 Å². The average Bonchev–Trinajstić information content (AvgIpc) is 3.62. The summed E-state index contributed by atoms with van der Waals surface area (Å²) in [5.74, 6) is 0.766. The van der Waals surface area contributed by atoms with Crippen LogP contribution >= 0.6 is 0 Å². The number of fused-ring (bicyclic) bond motifs is 1. The van der Waals surface area contributed by atoms with Crippen LogP contribution in [0, 0.1) is 0 Å². The Morgan fingerprint density at radius 3 is 2.30 bits per heavy atom. The summed E-state index contributed by atoms with van der Waals surface area (Å²) in [5.41, 5.74) is 7.80. The standard InChI is InChI=1S/C35H35N5/c1-2-3-4-13-24-39-33-19-12-11-18-31(33)37-35(39)36-26-27-20-22-30(23-21-27)40-34(29-16-9-6-10-17-29)25-32(38-40)28-14-7-5-8-15-28/h5-12,14-23,26,34H,2-4,13,24-25H2,1H3/b36-26+. The monoisotopic (exact) mass is 525 g/mol. The maximum absolute atomic E-state index is 5.09. The minimum atomic E-state index is 0.156. The first-order chi connectivity index (χ1) is 19.8. The fourth-order valence-corrected chi connectivity index (χ4v) is 5.41. The first-order valence-electron chi connectivity index (χ1n) is 14.4. The Balaban J connectivity index is 1.25. The second-order valence-electron chi connectivity index (χ2n) is 10.4. The molecule has 0 radical (unpaired) electrons. The zero-order valence-corrected chi connectivity index (χ0v) is 23.0. The first-order valence-corrected chi connectivity index (χ1v) is 14.4. The Morgan fingerprint density at radius 2 is 1.52 bits per heavy atom. The van der Waals surface area contributed by atoms with E-state index in [9.17, 15) is 0 Å². The van der Waals surface area contributed by atoms with Crippen molar-refractivity contribution in [2.24, 2.45) is 10.1 Å². The number of nitrogens with zero attached hydrogens (tertiary/aromatic N) is 5. The Hall–Kier alpha value is -4.51. The molecule has 0 bridgehead atoms. The molecule has 4 aromatic carbocycles. The van der Waals surface area contributed by atoms with E-state index < -0.39 is 0 Å². The molecule has 5 nitrogen and oxygen atoms in total. The summed E-state index contributed by atoms with van der Waals surface area (Å²) in [5, 5.41) is 7.25. The topological polar surface area (TPSA) is 45.8 Å². The lowest BCUT2D eigenvalue weighted by atomic mass is 9.98. The van der Waals surface area contributed by atoms with Crippen LogP contribution in [0.4, 0.5) is 11.6 Å². The maximum atomic E-state index is 5.09. The molecule has 200 valence electrons. The summed E-state index contributed by atoms with van der Waals surface area (Å²) in [6, 6.07) is 38.1. The average molecular weight is 526 g/mol. The fourth-order valence-electron chi connectivity index (χ4n) is 5.41. The van der Waals surface area contributed by atoms with E-state index in [0.29, 0.717) is 0 Å². The summed E-state index contributed by atoms with van der Waals surface area (Å²) >= 11 is 0. The van der Waals surface area contributed by atoms with Gasteiger partial charge in [0.05, 0.1) is 28.5 Å². The van der Waals surface area contributed by atoms with E-state index >= 15 is 0 Å². The van der Waals surface area contributed by atoms with E-state index in [0.717, 1.165) is 53.3 Å². The number of para-hydroxylation sites is 2. The third-order valence-corrected chi connectivity index (χ3v) is 7.56. The van der Waals surface area contributed by atoms with Crippen molar-refractivity contribution in [1.82, 2.24) is 9.55 Å². The number of rotatable bonds is 10. The van der Waals surface area contributed by atoms with Crippen LogP contribution in [0.15, 0.2) is 119 Å². The molecule has 1 aliphatic heterocycles. The SMILES string of the molecule is CCCCCCn1c(/N=C/c2ccc(N3N=C(c4ccccc4)CC3c3ccccc3)cc2)nc2ccccc21. The molecular weight excluding hydrogens is 490 g/mol. The zero-order valence-electron chi connectivity index (χ0n) is 23.0. The molecule has 0 spiro atoms. The second kappa shape index (κ2) is 12.1. The van der Waals surface area contributed by atoms with Crippen molar-refractivity contribution in [2.75, 3.05) is 5.01 Å². The van der Waals surface area contributed by atoms with Gasteiger partial charge in [-0.3, -0.25) is 5.01 Å². The van der Waals surface area contributed by atoms with Crippen molar-refractivity contribution in [2.45, 2.75) is 51.6 Å².